The highest BCUT2D eigenvalue weighted by Crippen LogP contribution is 2.38. The lowest BCUT2D eigenvalue weighted by Crippen LogP contribution is -2.21. The summed E-state index contributed by atoms with van der Waals surface area (Å²) >= 11 is 0. The van der Waals surface area contributed by atoms with Crippen molar-refractivity contribution in [1.29, 1.82) is 0 Å². The molecule has 0 amide bonds. The maximum Gasteiger partial charge on any atom is 0.214 e. The molecule has 1 rings (SSSR count). The SMILES string of the molecule is [C-]#[N+]CCC1CCC(C)(C)CC1. The summed E-state index contributed by atoms with van der Waals surface area (Å²) in [6, 6.07) is 0. The first-order valence-electron chi connectivity index (χ1n) is 4.97. The van der Waals surface area contributed by atoms with Crippen LogP contribution in [-0.2, 0) is 0 Å². The highest BCUT2D eigenvalue weighted by atomic mass is 14.6. The van der Waals surface area contributed by atoms with Crippen LogP contribution in [0, 0.1) is 17.9 Å². The van der Waals surface area contributed by atoms with E-state index in [-0.39, 0.29) is 0 Å². The van der Waals surface area contributed by atoms with Crippen LogP contribution in [0.1, 0.15) is 46.0 Å². The summed E-state index contributed by atoms with van der Waals surface area (Å²) in [5.41, 5.74) is 0.578. The maximum atomic E-state index is 6.72. The fraction of sp³-hybridized carbons (Fsp3) is 0.909. The zero-order chi connectivity index (χ0) is 9.03. The van der Waals surface area contributed by atoms with Gasteiger partial charge in [0.2, 0.25) is 6.54 Å². The van der Waals surface area contributed by atoms with Crippen molar-refractivity contribution in [1.82, 2.24) is 0 Å². The third kappa shape index (κ3) is 2.85. The summed E-state index contributed by atoms with van der Waals surface area (Å²) in [4.78, 5) is 3.42. The van der Waals surface area contributed by atoms with Crippen LogP contribution in [0.3, 0.4) is 0 Å². The van der Waals surface area contributed by atoms with Gasteiger partial charge in [-0.2, -0.15) is 0 Å². The van der Waals surface area contributed by atoms with Gasteiger partial charge in [-0.05, 0) is 37.0 Å². The molecule has 1 saturated carbocycles. The Hall–Kier alpha value is -0.510. The van der Waals surface area contributed by atoms with Gasteiger partial charge in [0.1, 0.15) is 0 Å². The Morgan fingerprint density at radius 2 is 1.92 bits per heavy atom. The fourth-order valence-corrected chi connectivity index (χ4v) is 1.99. The number of hydrogen-bond donors (Lipinski definition) is 0. The van der Waals surface area contributed by atoms with E-state index in [4.69, 9.17) is 6.57 Å². The maximum absolute atomic E-state index is 6.72. The largest absolute Gasteiger partial charge is 0.317 e. The van der Waals surface area contributed by atoms with Gasteiger partial charge >= 0.3 is 0 Å². The van der Waals surface area contributed by atoms with Crippen molar-refractivity contribution < 1.29 is 0 Å². The monoisotopic (exact) mass is 165 g/mol. The first-order chi connectivity index (χ1) is 5.64. The van der Waals surface area contributed by atoms with E-state index >= 15 is 0 Å². The van der Waals surface area contributed by atoms with Crippen LogP contribution in [0.2, 0.25) is 0 Å². The molecule has 0 heterocycles. The van der Waals surface area contributed by atoms with Crippen molar-refractivity contribution in [3.63, 3.8) is 0 Å². The smallest absolute Gasteiger partial charge is 0.214 e. The van der Waals surface area contributed by atoms with E-state index in [0.717, 1.165) is 18.9 Å². The average Bonchev–Trinajstić information content (AvgIpc) is 2.03. The molecule has 0 radical (unpaired) electrons. The molecule has 0 aromatic carbocycles. The highest BCUT2D eigenvalue weighted by Gasteiger charge is 2.26. The molecule has 1 aliphatic rings. The first-order valence-corrected chi connectivity index (χ1v) is 4.97. The lowest BCUT2D eigenvalue weighted by Gasteiger charge is -2.33. The predicted molar refractivity (Wildman–Crippen MR) is 51.8 cm³/mol. The molecule has 1 nitrogen and oxygen atoms in total. The standard InChI is InChI=1S/C11H19N/c1-11(2)7-4-10(5-8-11)6-9-12-3/h10H,4-9H2,1-2H3. The topological polar surface area (TPSA) is 4.36 Å². The Bertz CT molecular complexity index is 166. The third-order valence-corrected chi connectivity index (χ3v) is 3.11. The van der Waals surface area contributed by atoms with Crippen LogP contribution in [0.25, 0.3) is 4.85 Å². The van der Waals surface area contributed by atoms with E-state index in [2.05, 4.69) is 18.7 Å². The van der Waals surface area contributed by atoms with Crippen molar-refractivity contribution in [2.24, 2.45) is 11.3 Å². The van der Waals surface area contributed by atoms with E-state index in [1.165, 1.54) is 25.7 Å². The van der Waals surface area contributed by atoms with E-state index in [0.29, 0.717) is 5.41 Å². The Morgan fingerprint density at radius 3 is 2.42 bits per heavy atom. The molecular formula is C11H19N. The quantitative estimate of drug-likeness (QED) is 0.551. The molecular weight excluding hydrogens is 146 g/mol. The molecule has 0 atom stereocenters. The van der Waals surface area contributed by atoms with Crippen molar-refractivity contribution in [3.8, 4) is 0 Å². The minimum atomic E-state index is 0.578. The van der Waals surface area contributed by atoms with Gasteiger partial charge in [-0.15, -0.1) is 0 Å². The Balaban J connectivity index is 2.23. The molecule has 0 aromatic rings. The van der Waals surface area contributed by atoms with Crippen LogP contribution in [-0.4, -0.2) is 6.54 Å². The molecule has 1 heteroatoms. The molecule has 68 valence electrons. The fourth-order valence-electron chi connectivity index (χ4n) is 1.99. The minimum Gasteiger partial charge on any atom is -0.317 e. The second-order valence-corrected chi connectivity index (χ2v) is 4.78. The van der Waals surface area contributed by atoms with Crippen LogP contribution < -0.4 is 0 Å². The van der Waals surface area contributed by atoms with Gasteiger partial charge in [0, 0.05) is 6.42 Å². The first kappa shape index (κ1) is 9.58. The van der Waals surface area contributed by atoms with Crippen molar-refractivity contribution >= 4 is 0 Å². The highest BCUT2D eigenvalue weighted by molar-refractivity contribution is 4.79. The van der Waals surface area contributed by atoms with Gasteiger partial charge in [-0.3, -0.25) is 0 Å². The Labute approximate surface area is 76.0 Å². The molecule has 0 aromatic heterocycles. The summed E-state index contributed by atoms with van der Waals surface area (Å²) in [6.45, 7) is 12.2. The van der Waals surface area contributed by atoms with E-state index in [9.17, 15) is 0 Å². The van der Waals surface area contributed by atoms with Crippen molar-refractivity contribution in [3.05, 3.63) is 11.4 Å². The minimum absolute atomic E-state index is 0.578. The summed E-state index contributed by atoms with van der Waals surface area (Å²) in [7, 11) is 0. The number of nitrogens with zero attached hydrogens (tertiary/aromatic N) is 1. The molecule has 1 fully saturated rings. The lowest BCUT2D eigenvalue weighted by molar-refractivity contribution is 0.188. The second kappa shape index (κ2) is 3.94. The van der Waals surface area contributed by atoms with Crippen LogP contribution in [0.15, 0.2) is 0 Å². The van der Waals surface area contributed by atoms with Gasteiger partial charge in [0.15, 0.2) is 0 Å². The molecule has 0 aliphatic heterocycles. The molecule has 1 aliphatic carbocycles. The van der Waals surface area contributed by atoms with Gasteiger partial charge in [0.05, 0.1) is 0 Å². The molecule has 12 heavy (non-hydrogen) atoms. The predicted octanol–water partition coefficient (Wildman–Crippen LogP) is 3.51. The summed E-state index contributed by atoms with van der Waals surface area (Å²) in [5, 5.41) is 0. The van der Waals surface area contributed by atoms with Crippen LogP contribution in [0.5, 0.6) is 0 Å². The molecule has 0 saturated heterocycles. The van der Waals surface area contributed by atoms with Crippen LogP contribution in [0.4, 0.5) is 0 Å². The van der Waals surface area contributed by atoms with E-state index < -0.39 is 0 Å². The Kier molecular flexibility index (Phi) is 3.14. The summed E-state index contributed by atoms with van der Waals surface area (Å²) < 4.78 is 0. The Morgan fingerprint density at radius 1 is 1.33 bits per heavy atom. The summed E-state index contributed by atoms with van der Waals surface area (Å²) in [5.74, 6) is 0.854. The number of rotatable bonds is 2. The average molecular weight is 165 g/mol. The second-order valence-electron chi connectivity index (χ2n) is 4.78. The lowest BCUT2D eigenvalue weighted by atomic mass is 9.72. The zero-order valence-corrected chi connectivity index (χ0v) is 8.27. The molecule has 0 N–H and O–H groups in total. The van der Waals surface area contributed by atoms with Crippen LogP contribution >= 0.6 is 0 Å². The third-order valence-electron chi connectivity index (χ3n) is 3.11. The molecule has 0 bridgehead atoms. The normalized spacial score (nSPS) is 23.4. The van der Waals surface area contributed by atoms with E-state index in [1.54, 1.807) is 0 Å². The van der Waals surface area contributed by atoms with E-state index in [1.807, 2.05) is 0 Å². The van der Waals surface area contributed by atoms with Gasteiger partial charge in [0.25, 0.3) is 0 Å². The van der Waals surface area contributed by atoms with Crippen molar-refractivity contribution in [2.45, 2.75) is 46.0 Å². The van der Waals surface area contributed by atoms with Gasteiger partial charge in [-0.25, -0.2) is 6.57 Å². The molecule has 0 unspecified atom stereocenters. The van der Waals surface area contributed by atoms with Crippen molar-refractivity contribution in [2.75, 3.05) is 6.54 Å². The van der Waals surface area contributed by atoms with Gasteiger partial charge < -0.3 is 4.85 Å². The molecule has 0 spiro atoms. The summed E-state index contributed by atoms with van der Waals surface area (Å²) in [6.07, 6.45) is 6.55. The number of hydrogen-bond acceptors (Lipinski definition) is 0. The zero-order valence-electron chi connectivity index (χ0n) is 8.27. The van der Waals surface area contributed by atoms with Gasteiger partial charge in [-0.1, -0.05) is 13.8 Å².